The Morgan fingerprint density at radius 2 is 1.69 bits per heavy atom. The molecule has 0 atom stereocenters. The summed E-state index contributed by atoms with van der Waals surface area (Å²) in [6.45, 7) is 2.42. The number of ether oxygens (including phenoxy) is 3. The standard InChI is InChI=1S/C29H29NO5/c1-19(13-29(31)30-12-11-20-7-5-9-22(14-20)32-2)24-16-25-26(18-35-28(25)17-27(24)34-4)21-8-6-10-23(15-21)33-3/h5-10,13-18H,11-12H2,1-4H3,(H,30,31)/b19-13+. The first-order chi connectivity index (χ1) is 17.0. The van der Waals surface area contributed by atoms with Crippen LogP contribution in [0.1, 0.15) is 18.1 Å². The van der Waals surface area contributed by atoms with Crippen LogP contribution in [0.4, 0.5) is 0 Å². The number of benzene rings is 3. The fourth-order valence-electron chi connectivity index (χ4n) is 4.03. The lowest BCUT2D eigenvalue weighted by atomic mass is 9.99. The minimum atomic E-state index is -0.159. The average molecular weight is 472 g/mol. The van der Waals surface area contributed by atoms with E-state index in [1.54, 1.807) is 33.7 Å². The minimum Gasteiger partial charge on any atom is -0.497 e. The summed E-state index contributed by atoms with van der Waals surface area (Å²) in [7, 11) is 4.90. The molecule has 1 aromatic heterocycles. The van der Waals surface area contributed by atoms with Crippen molar-refractivity contribution in [2.24, 2.45) is 0 Å². The lowest BCUT2D eigenvalue weighted by Crippen LogP contribution is -2.23. The van der Waals surface area contributed by atoms with Crippen LogP contribution in [0.15, 0.2) is 77.4 Å². The predicted octanol–water partition coefficient (Wildman–Crippen LogP) is 5.89. The number of methoxy groups -OCH3 is 3. The van der Waals surface area contributed by atoms with E-state index in [0.717, 1.165) is 44.7 Å². The van der Waals surface area contributed by atoms with Crippen LogP contribution >= 0.6 is 0 Å². The molecule has 180 valence electrons. The second-order valence-corrected chi connectivity index (χ2v) is 8.15. The van der Waals surface area contributed by atoms with Gasteiger partial charge < -0.3 is 23.9 Å². The van der Waals surface area contributed by atoms with Gasteiger partial charge in [-0.2, -0.15) is 0 Å². The van der Waals surface area contributed by atoms with Crippen molar-refractivity contribution in [2.75, 3.05) is 27.9 Å². The van der Waals surface area contributed by atoms with Crippen LogP contribution in [0.5, 0.6) is 17.2 Å². The number of nitrogens with one attached hydrogen (secondary N) is 1. The summed E-state index contributed by atoms with van der Waals surface area (Å²) >= 11 is 0. The van der Waals surface area contributed by atoms with Crippen molar-refractivity contribution in [3.8, 4) is 28.4 Å². The van der Waals surface area contributed by atoms with E-state index < -0.39 is 0 Å². The highest BCUT2D eigenvalue weighted by Crippen LogP contribution is 2.38. The van der Waals surface area contributed by atoms with Crippen LogP contribution in [-0.4, -0.2) is 33.8 Å². The molecule has 0 bridgehead atoms. The molecular weight excluding hydrogens is 442 g/mol. The zero-order chi connectivity index (χ0) is 24.8. The number of carbonyl (C=O) groups is 1. The maximum absolute atomic E-state index is 12.6. The normalized spacial score (nSPS) is 11.4. The zero-order valence-electron chi connectivity index (χ0n) is 20.4. The molecule has 0 saturated heterocycles. The molecule has 0 saturated carbocycles. The van der Waals surface area contributed by atoms with Crippen molar-refractivity contribution >= 4 is 22.4 Å². The van der Waals surface area contributed by atoms with Gasteiger partial charge in [-0.3, -0.25) is 4.79 Å². The molecule has 0 unspecified atom stereocenters. The summed E-state index contributed by atoms with van der Waals surface area (Å²) in [5.41, 5.74) is 5.35. The topological polar surface area (TPSA) is 69.9 Å². The Balaban J connectivity index is 1.55. The van der Waals surface area contributed by atoms with Crippen molar-refractivity contribution in [2.45, 2.75) is 13.3 Å². The van der Waals surface area contributed by atoms with Crippen LogP contribution in [0.2, 0.25) is 0 Å². The van der Waals surface area contributed by atoms with Gasteiger partial charge in [0.2, 0.25) is 5.91 Å². The van der Waals surface area contributed by atoms with Gasteiger partial charge in [-0.15, -0.1) is 0 Å². The second-order valence-electron chi connectivity index (χ2n) is 8.15. The van der Waals surface area contributed by atoms with Gasteiger partial charge in [0.05, 0.1) is 27.6 Å². The van der Waals surface area contributed by atoms with E-state index >= 15 is 0 Å². The van der Waals surface area contributed by atoms with Crippen molar-refractivity contribution in [1.29, 1.82) is 0 Å². The van der Waals surface area contributed by atoms with Gasteiger partial charge >= 0.3 is 0 Å². The molecule has 0 aliphatic rings. The van der Waals surface area contributed by atoms with E-state index in [1.807, 2.05) is 67.6 Å². The molecule has 4 aromatic rings. The van der Waals surface area contributed by atoms with Gasteiger partial charge in [0.1, 0.15) is 22.8 Å². The highest BCUT2D eigenvalue weighted by atomic mass is 16.5. The van der Waals surface area contributed by atoms with Crippen LogP contribution < -0.4 is 19.5 Å². The Hall–Kier alpha value is -4.19. The van der Waals surface area contributed by atoms with Crippen molar-refractivity contribution in [3.63, 3.8) is 0 Å². The summed E-state index contributed by atoms with van der Waals surface area (Å²) in [4.78, 5) is 12.6. The Morgan fingerprint density at radius 1 is 0.943 bits per heavy atom. The van der Waals surface area contributed by atoms with Gasteiger partial charge in [-0.25, -0.2) is 0 Å². The molecule has 35 heavy (non-hydrogen) atoms. The number of carbonyl (C=O) groups excluding carboxylic acids is 1. The molecule has 4 rings (SSSR count). The molecule has 1 amide bonds. The first kappa shape index (κ1) is 24.0. The molecule has 6 nitrogen and oxygen atoms in total. The molecule has 6 heteroatoms. The fourth-order valence-corrected chi connectivity index (χ4v) is 4.03. The number of allylic oxidation sites excluding steroid dienone is 1. The van der Waals surface area contributed by atoms with Crippen LogP contribution in [-0.2, 0) is 11.2 Å². The molecule has 0 aliphatic heterocycles. The third kappa shape index (κ3) is 5.49. The molecule has 0 fully saturated rings. The van der Waals surface area contributed by atoms with Gasteiger partial charge in [0.15, 0.2) is 0 Å². The zero-order valence-corrected chi connectivity index (χ0v) is 20.4. The maximum atomic E-state index is 12.6. The van der Waals surface area contributed by atoms with E-state index in [4.69, 9.17) is 18.6 Å². The summed E-state index contributed by atoms with van der Waals surface area (Å²) in [5, 5.41) is 3.89. The Kier molecular flexibility index (Phi) is 7.41. The first-order valence-electron chi connectivity index (χ1n) is 11.4. The van der Waals surface area contributed by atoms with Gasteiger partial charge in [0.25, 0.3) is 0 Å². The number of hydrogen-bond acceptors (Lipinski definition) is 5. The number of furan rings is 1. The molecule has 3 aromatic carbocycles. The molecular formula is C29H29NO5. The molecule has 0 aliphatic carbocycles. The third-order valence-electron chi connectivity index (χ3n) is 5.90. The SMILES string of the molecule is COc1cccc(CCNC(=O)/C=C(\C)c2cc3c(-c4cccc(OC)c4)coc3cc2OC)c1. The monoisotopic (exact) mass is 471 g/mol. The number of amides is 1. The summed E-state index contributed by atoms with van der Waals surface area (Å²) in [6.07, 6.45) is 4.04. The Bertz CT molecular complexity index is 1370. The Morgan fingerprint density at radius 3 is 2.43 bits per heavy atom. The van der Waals surface area contributed by atoms with E-state index in [9.17, 15) is 4.79 Å². The van der Waals surface area contributed by atoms with Gasteiger partial charge in [0, 0.05) is 35.2 Å². The largest absolute Gasteiger partial charge is 0.497 e. The molecule has 1 N–H and O–H groups in total. The van der Waals surface area contributed by atoms with E-state index in [0.29, 0.717) is 24.3 Å². The average Bonchev–Trinajstić information content (AvgIpc) is 3.31. The third-order valence-corrected chi connectivity index (χ3v) is 5.90. The minimum absolute atomic E-state index is 0.159. The first-order valence-corrected chi connectivity index (χ1v) is 11.4. The van der Waals surface area contributed by atoms with E-state index in [1.165, 1.54) is 0 Å². The van der Waals surface area contributed by atoms with Crippen LogP contribution in [0, 0.1) is 0 Å². The lowest BCUT2D eigenvalue weighted by Gasteiger charge is -2.11. The fraction of sp³-hybridized carbons (Fsp3) is 0.207. The highest BCUT2D eigenvalue weighted by molar-refractivity contribution is 6.00. The van der Waals surface area contributed by atoms with Crippen LogP contribution in [0.3, 0.4) is 0 Å². The van der Waals surface area contributed by atoms with Crippen molar-refractivity contribution in [1.82, 2.24) is 5.32 Å². The predicted molar refractivity (Wildman–Crippen MR) is 138 cm³/mol. The second kappa shape index (κ2) is 10.8. The number of hydrogen-bond donors (Lipinski definition) is 1. The lowest BCUT2D eigenvalue weighted by molar-refractivity contribution is -0.116. The molecule has 0 spiro atoms. The maximum Gasteiger partial charge on any atom is 0.244 e. The van der Waals surface area contributed by atoms with Crippen molar-refractivity contribution < 1.29 is 23.4 Å². The number of fused-ring (bicyclic) bond motifs is 1. The highest BCUT2D eigenvalue weighted by Gasteiger charge is 2.15. The van der Waals surface area contributed by atoms with Crippen molar-refractivity contribution in [3.05, 3.63) is 84.1 Å². The Labute approximate surface area is 205 Å². The smallest absolute Gasteiger partial charge is 0.244 e. The summed E-state index contributed by atoms with van der Waals surface area (Å²) in [5.74, 6) is 2.06. The molecule has 1 heterocycles. The van der Waals surface area contributed by atoms with E-state index in [-0.39, 0.29) is 5.91 Å². The summed E-state index contributed by atoms with van der Waals surface area (Å²) < 4.78 is 22.0. The quantitative estimate of drug-likeness (QED) is 0.308. The molecule has 0 radical (unpaired) electrons. The summed E-state index contributed by atoms with van der Waals surface area (Å²) in [6, 6.07) is 19.5. The van der Waals surface area contributed by atoms with Gasteiger partial charge in [-0.1, -0.05) is 24.3 Å². The number of rotatable bonds is 9. The van der Waals surface area contributed by atoms with E-state index in [2.05, 4.69) is 5.32 Å². The van der Waals surface area contributed by atoms with Crippen LogP contribution in [0.25, 0.3) is 27.7 Å². The van der Waals surface area contributed by atoms with Gasteiger partial charge in [-0.05, 0) is 60.4 Å².